The molecule has 1 rings (SSSR count). The largest absolute Gasteiger partial charge is 0.375 e. The van der Waals surface area contributed by atoms with Crippen LogP contribution in [0.3, 0.4) is 0 Å². The molecular weight excluding hydrogens is 294 g/mol. The summed E-state index contributed by atoms with van der Waals surface area (Å²) in [5, 5.41) is -3.22. The maximum Gasteiger partial charge on any atom is 0.375 e. The van der Waals surface area contributed by atoms with Crippen LogP contribution in [0.2, 0.25) is 0 Å². The first kappa shape index (κ1) is 16.3. The highest BCUT2D eigenvalue weighted by Crippen LogP contribution is 2.47. The SMILES string of the molecule is CCc1cccc(S(=O)(=O)C(F)P(=O)(O)O)c1CC. The van der Waals surface area contributed by atoms with Crippen molar-refractivity contribution in [2.75, 3.05) is 0 Å². The fourth-order valence-corrected chi connectivity index (χ4v) is 4.78. The number of halogens is 1. The molecule has 0 aliphatic heterocycles. The second-order valence-electron chi connectivity index (χ2n) is 4.03. The van der Waals surface area contributed by atoms with Gasteiger partial charge in [-0.3, -0.25) is 4.57 Å². The number of hydrogen-bond donors (Lipinski definition) is 2. The second kappa shape index (κ2) is 5.71. The third-order valence-electron chi connectivity index (χ3n) is 2.79. The molecule has 19 heavy (non-hydrogen) atoms. The Hall–Kier alpha value is -0.750. The number of alkyl halides is 1. The van der Waals surface area contributed by atoms with Gasteiger partial charge in [-0.1, -0.05) is 26.0 Å². The lowest BCUT2D eigenvalue weighted by Crippen LogP contribution is -2.19. The summed E-state index contributed by atoms with van der Waals surface area (Å²) in [6.45, 7) is 3.53. The van der Waals surface area contributed by atoms with Gasteiger partial charge in [-0.2, -0.15) is 0 Å². The van der Waals surface area contributed by atoms with Gasteiger partial charge in [0.1, 0.15) is 0 Å². The van der Waals surface area contributed by atoms with Crippen LogP contribution in [0.4, 0.5) is 4.39 Å². The average Bonchev–Trinajstić information content (AvgIpc) is 2.35. The highest BCUT2D eigenvalue weighted by Gasteiger charge is 2.42. The molecule has 0 radical (unpaired) electrons. The van der Waals surface area contributed by atoms with Crippen LogP contribution in [0.5, 0.6) is 0 Å². The van der Waals surface area contributed by atoms with Crippen molar-refractivity contribution in [3.8, 4) is 0 Å². The maximum atomic E-state index is 13.6. The van der Waals surface area contributed by atoms with Crippen LogP contribution in [-0.2, 0) is 27.2 Å². The monoisotopic (exact) mass is 310 g/mol. The molecule has 2 N–H and O–H groups in total. The quantitative estimate of drug-likeness (QED) is 0.812. The smallest absolute Gasteiger partial charge is 0.322 e. The Labute approximate surface area is 111 Å². The van der Waals surface area contributed by atoms with Crippen molar-refractivity contribution in [3.05, 3.63) is 29.3 Å². The Balaban J connectivity index is 3.50. The molecule has 108 valence electrons. The summed E-state index contributed by atoms with van der Waals surface area (Å²) in [5.74, 6) is 0. The van der Waals surface area contributed by atoms with Crippen molar-refractivity contribution in [1.29, 1.82) is 0 Å². The first-order valence-electron chi connectivity index (χ1n) is 5.70. The van der Waals surface area contributed by atoms with Gasteiger partial charge in [0.05, 0.1) is 4.90 Å². The predicted octanol–water partition coefficient (Wildman–Crippen LogP) is 2.02. The number of aryl methyl sites for hydroxylation is 1. The maximum absolute atomic E-state index is 13.6. The first-order chi connectivity index (χ1) is 8.66. The molecule has 0 amide bonds. The summed E-state index contributed by atoms with van der Waals surface area (Å²) in [6.07, 6.45) is 0.895. The van der Waals surface area contributed by atoms with E-state index in [2.05, 4.69) is 0 Å². The van der Waals surface area contributed by atoms with Gasteiger partial charge in [0.2, 0.25) is 9.84 Å². The molecule has 0 aliphatic carbocycles. The Bertz CT molecular complexity index is 608. The van der Waals surface area contributed by atoms with Gasteiger partial charge < -0.3 is 9.79 Å². The molecule has 8 heteroatoms. The fraction of sp³-hybridized carbons (Fsp3) is 0.455. The Morgan fingerprint density at radius 2 is 1.84 bits per heavy atom. The summed E-state index contributed by atoms with van der Waals surface area (Å²) in [6, 6.07) is 4.33. The molecular formula is C11H16FO5PS. The summed E-state index contributed by atoms with van der Waals surface area (Å²) in [5.41, 5.74) is 1.13. The van der Waals surface area contributed by atoms with Crippen LogP contribution in [0, 0.1) is 0 Å². The minimum Gasteiger partial charge on any atom is -0.322 e. The summed E-state index contributed by atoms with van der Waals surface area (Å²) in [7, 11) is -10.1. The van der Waals surface area contributed by atoms with Gasteiger partial charge in [0.25, 0.3) is 0 Å². The molecule has 1 atom stereocenters. The van der Waals surface area contributed by atoms with Crippen LogP contribution in [0.1, 0.15) is 25.0 Å². The van der Waals surface area contributed by atoms with E-state index in [1.54, 1.807) is 13.0 Å². The first-order valence-corrected chi connectivity index (χ1v) is 8.93. The Morgan fingerprint density at radius 3 is 2.26 bits per heavy atom. The van der Waals surface area contributed by atoms with Crippen molar-refractivity contribution in [2.24, 2.45) is 0 Å². The van der Waals surface area contributed by atoms with Crippen LogP contribution in [0.15, 0.2) is 23.1 Å². The zero-order chi connectivity index (χ0) is 14.8. The second-order valence-corrected chi connectivity index (χ2v) is 7.95. The third kappa shape index (κ3) is 3.23. The van der Waals surface area contributed by atoms with E-state index in [1.807, 2.05) is 6.92 Å². The zero-order valence-electron chi connectivity index (χ0n) is 10.6. The van der Waals surface area contributed by atoms with Gasteiger partial charge in [-0.25, -0.2) is 12.8 Å². The molecule has 5 nitrogen and oxygen atoms in total. The standard InChI is InChI=1S/C11H16FO5PS/c1-3-8-6-5-7-10(9(8)4-2)19(16,17)11(12)18(13,14)15/h5-7,11H,3-4H2,1-2H3,(H2,13,14,15). The van der Waals surface area contributed by atoms with E-state index in [0.717, 1.165) is 5.56 Å². The van der Waals surface area contributed by atoms with E-state index in [1.165, 1.54) is 12.1 Å². The van der Waals surface area contributed by atoms with E-state index in [-0.39, 0.29) is 4.90 Å². The fourth-order valence-electron chi connectivity index (χ4n) is 1.90. The van der Waals surface area contributed by atoms with Crippen LogP contribution in [0.25, 0.3) is 0 Å². The van der Waals surface area contributed by atoms with Gasteiger partial charge in [0.15, 0.2) is 0 Å². The molecule has 0 fully saturated rings. The number of benzene rings is 1. The molecule has 0 saturated carbocycles. The van der Waals surface area contributed by atoms with E-state index in [4.69, 9.17) is 9.79 Å². The highest BCUT2D eigenvalue weighted by atomic mass is 32.2. The minimum absolute atomic E-state index is 0.340. The molecule has 0 aliphatic rings. The van der Waals surface area contributed by atoms with Gasteiger partial charge in [0, 0.05) is 0 Å². The van der Waals surface area contributed by atoms with Crippen LogP contribution in [-0.4, -0.2) is 23.4 Å². The van der Waals surface area contributed by atoms with E-state index in [0.29, 0.717) is 18.4 Å². The molecule has 0 spiro atoms. The number of sulfone groups is 1. The molecule has 1 aromatic carbocycles. The van der Waals surface area contributed by atoms with Gasteiger partial charge in [-0.05, 0) is 30.0 Å². The van der Waals surface area contributed by atoms with E-state index < -0.39 is 22.7 Å². The lowest BCUT2D eigenvalue weighted by Gasteiger charge is -2.16. The zero-order valence-corrected chi connectivity index (χ0v) is 12.3. The summed E-state index contributed by atoms with van der Waals surface area (Å²) in [4.78, 5) is 17.1. The van der Waals surface area contributed by atoms with Crippen molar-refractivity contribution >= 4 is 17.4 Å². The molecule has 1 unspecified atom stereocenters. The highest BCUT2D eigenvalue weighted by molar-refractivity contribution is 7.98. The lowest BCUT2D eigenvalue weighted by atomic mass is 10.0. The molecule has 0 heterocycles. The molecule has 0 saturated heterocycles. The summed E-state index contributed by atoms with van der Waals surface area (Å²) >= 11 is 0. The van der Waals surface area contributed by atoms with Crippen molar-refractivity contribution in [2.45, 2.75) is 36.8 Å². The van der Waals surface area contributed by atoms with Gasteiger partial charge in [-0.15, -0.1) is 0 Å². The Morgan fingerprint density at radius 1 is 1.26 bits per heavy atom. The topological polar surface area (TPSA) is 91.7 Å². The third-order valence-corrected chi connectivity index (χ3v) is 6.48. The Kier molecular flexibility index (Phi) is 4.90. The number of rotatable bonds is 5. The van der Waals surface area contributed by atoms with Crippen LogP contribution < -0.4 is 0 Å². The van der Waals surface area contributed by atoms with Crippen molar-refractivity contribution in [3.63, 3.8) is 0 Å². The summed E-state index contributed by atoms with van der Waals surface area (Å²) < 4.78 is 48.3. The van der Waals surface area contributed by atoms with Crippen molar-refractivity contribution < 1.29 is 27.2 Å². The number of hydrogen-bond acceptors (Lipinski definition) is 3. The molecule has 0 bridgehead atoms. The molecule has 1 aromatic rings. The lowest BCUT2D eigenvalue weighted by molar-refractivity contribution is 0.332. The van der Waals surface area contributed by atoms with Gasteiger partial charge >= 0.3 is 12.8 Å². The van der Waals surface area contributed by atoms with Crippen LogP contribution >= 0.6 is 7.60 Å². The van der Waals surface area contributed by atoms with Crippen molar-refractivity contribution in [1.82, 2.24) is 0 Å². The average molecular weight is 310 g/mol. The van der Waals surface area contributed by atoms with E-state index in [9.17, 15) is 17.4 Å². The minimum atomic E-state index is -5.35. The van der Waals surface area contributed by atoms with E-state index >= 15 is 0 Å². The normalized spacial score (nSPS) is 14.4. The molecule has 0 aromatic heterocycles. The predicted molar refractivity (Wildman–Crippen MR) is 69.3 cm³/mol.